The van der Waals surface area contributed by atoms with E-state index in [2.05, 4.69) is 13.8 Å². The second kappa shape index (κ2) is 69.2. The highest BCUT2D eigenvalue weighted by molar-refractivity contribution is 5.70. The lowest BCUT2D eigenvalue weighted by Gasteiger charge is -2.26. The highest BCUT2D eigenvalue weighted by Gasteiger charge is 2.22. The van der Waals surface area contributed by atoms with Crippen LogP contribution >= 0.6 is 0 Å². The van der Waals surface area contributed by atoms with Crippen LogP contribution < -0.4 is 5.11 Å². The zero-order valence-corrected chi connectivity index (χ0v) is 58.7. The molecule has 9 heteroatoms. The van der Waals surface area contributed by atoms with Crippen LogP contribution in [0.15, 0.2) is 0 Å². The second-order valence-corrected chi connectivity index (χ2v) is 28.0. The van der Waals surface area contributed by atoms with Gasteiger partial charge < -0.3 is 33.3 Å². The van der Waals surface area contributed by atoms with E-state index in [0.29, 0.717) is 17.4 Å². The number of esters is 2. The van der Waals surface area contributed by atoms with Gasteiger partial charge in [-0.2, -0.15) is 0 Å². The molecule has 0 aliphatic heterocycles. The number of likely N-dealkylation sites (N-methyl/N-ethyl adjacent to an activating group) is 1. The first kappa shape index (κ1) is 84.3. The lowest BCUT2D eigenvalue weighted by molar-refractivity contribution is -0.870. The van der Waals surface area contributed by atoms with Crippen LogP contribution in [0, 0.1) is 0 Å². The van der Waals surface area contributed by atoms with Crippen molar-refractivity contribution in [1.82, 2.24) is 0 Å². The van der Waals surface area contributed by atoms with Crippen LogP contribution in [0.3, 0.4) is 0 Å². The maximum Gasteiger partial charge on any atom is 0.306 e. The van der Waals surface area contributed by atoms with Crippen LogP contribution in [0.4, 0.5) is 0 Å². The van der Waals surface area contributed by atoms with Gasteiger partial charge in [0.05, 0.1) is 40.3 Å². The number of hydrogen-bond donors (Lipinski definition) is 0. The predicted octanol–water partition coefficient (Wildman–Crippen LogP) is 22.9. The van der Waals surface area contributed by atoms with Crippen molar-refractivity contribution in [3.05, 3.63) is 0 Å². The Morgan fingerprint density at radius 1 is 0.302 bits per heavy atom. The molecule has 0 N–H and O–H groups in total. The summed E-state index contributed by atoms with van der Waals surface area (Å²) in [7, 11) is 5.96. The van der Waals surface area contributed by atoms with E-state index >= 15 is 0 Å². The molecule has 0 aromatic rings. The number of carbonyl (C=O) groups is 3. The minimum atomic E-state index is -1.62. The molecule has 0 rings (SSSR count). The van der Waals surface area contributed by atoms with Crippen molar-refractivity contribution in [1.29, 1.82) is 0 Å². The van der Waals surface area contributed by atoms with E-state index in [0.717, 1.165) is 38.5 Å². The number of carbonyl (C=O) groups excluding carboxylic acids is 3. The summed E-state index contributed by atoms with van der Waals surface area (Å²) in [6.45, 7) is 4.85. The fraction of sp³-hybridized carbons (Fsp3) is 0.961. The second-order valence-electron chi connectivity index (χ2n) is 28.0. The average Bonchev–Trinajstić information content (AvgIpc) is 3.64. The Balaban J connectivity index is 3.98. The number of quaternary nitrogens is 1. The van der Waals surface area contributed by atoms with Crippen LogP contribution in [0.1, 0.15) is 418 Å². The van der Waals surface area contributed by atoms with E-state index in [1.165, 1.54) is 353 Å². The van der Waals surface area contributed by atoms with Gasteiger partial charge in [-0.25, -0.2) is 0 Å². The van der Waals surface area contributed by atoms with Gasteiger partial charge >= 0.3 is 11.9 Å². The fourth-order valence-corrected chi connectivity index (χ4v) is 12.2. The van der Waals surface area contributed by atoms with E-state index < -0.39 is 24.3 Å². The highest BCUT2D eigenvalue weighted by atomic mass is 16.7. The summed E-state index contributed by atoms with van der Waals surface area (Å²) >= 11 is 0. The molecule has 0 saturated carbocycles. The molecule has 2 unspecified atom stereocenters. The molecule has 0 heterocycles. The van der Waals surface area contributed by atoms with Gasteiger partial charge in [-0.3, -0.25) is 9.59 Å². The number of rotatable bonds is 74. The van der Waals surface area contributed by atoms with Gasteiger partial charge in [-0.05, 0) is 12.8 Å². The Kier molecular flexibility index (Phi) is 67.8. The molecule has 2 atom stereocenters. The molecule has 0 radical (unpaired) electrons. The van der Waals surface area contributed by atoms with Gasteiger partial charge in [0.1, 0.15) is 13.2 Å². The first-order chi connectivity index (χ1) is 42.1. The van der Waals surface area contributed by atoms with E-state index in [9.17, 15) is 19.5 Å². The van der Waals surface area contributed by atoms with E-state index in [4.69, 9.17) is 18.9 Å². The van der Waals surface area contributed by atoms with Crippen LogP contribution in [0.2, 0.25) is 0 Å². The summed E-state index contributed by atoms with van der Waals surface area (Å²) in [4.78, 5) is 37.6. The van der Waals surface area contributed by atoms with Crippen molar-refractivity contribution in [2.75, 3.05) is 47.5 Å². The Labute approximate surface area is 536 Å². The Morgan fingerprint density at radius 2 is 0.523 bits per heavy atom. The maximum atomic E-state index is 13.0. The zero-order chi connectivity index (χ0) is 62.6. The summed E-state index contributed by atoms with van der Waals surface area (Å²) in [5, 5.41) is 11.8. The zero-order valence-electron chi connectivity index (χ0n) is 58.7. The topological polar surface area (TPSA) is 111 Å². The highest BCUT2D eigenvalue weighted by Crippen LogP contribution is 2.20. The molecule has 0 saturated heterocycles. The van der Waals surface area contributed by atoms with Crippen molar-refractivity contribution in [3.63, 3.8) is 0 Å². The number of aliphatic carboxylic acids is 1. The number of ether oxygens (including phenoxy) is 4. The third-order valence-corrected chi connectivity index (χ3v) is 18.1. The van der Waals surface area contributed by atoms with Crippen molar-refractivity contribution in [3.8, 4) is 0 Å². The molecular weight excluding hydrogens is 1070 g/mol. The molecule has 0 fully saturated rings. The molecule has 0 aromatic heterocycles. The normalized spacial score (nSPS) is 12.5. The first-order valence-corrected chi connectivity index (χ1v) is 38.7. The number of unbranched alkanes of at least 4 members (excludes halogenated alkanes) is 59. The van der Waals surface area contributed by atoms with Gasteiger partial charge in [0.15, 0.2) is 12.4 Å². The summed E-state index contributed by atoms with van der Waals surface area (Å²) in [6, 6.07) is 0. The molecule has 0 aliphatic carbocycles. The smallest absolute Gasteiger partial charge is 0.306 e. The Hall–Kier alpha value is -1.71. The van der Waals surface area contributed by atoms with Crippen LogP contribution in [-0.2, 0) is 33.3 Å². The number of carboxylic acid groups (broad SMARTS) is 1. The molecule has 0 amide bonds. The summed E-state index contributed by atoms with van der Waals surface area (Å²) in [5.41, 5.74) is 0. The van der Waals surface area contributed by atoms with E-state index in [-0.39, 0.29) is 32.2 Å². The number of hydrogen-bond acceptors (Lipinski definition) is 8. The number of nitrogens with zero attached hydrogens (tertiary/aromatic N) is 1. The minimum absolute atomic E-state index is 0.154. The molecule has 512 valence electrons. The van der Waals surface area contributed by atoms with Crippen molar-refractivity contribution in [2.24, 2.45) is 0 Å². The summed E-state index contributed by atoms with van der Waals surface area (Å²) in [5.74, 6) is -2.24. The monoisotopic (exact) mass is 1220 g/mol. The van der Waals surface area contributed by atoms with Crippen LogP contribution in [-0.4, -0.2) is 82.3 Å². The Bertz CT molecular complexity index is 1370. The van der Waals surface area contributed by atoms with Crippen molar-refractivity contribution in [2.45, 2.75) is 431 Å². The van der Waals surface area contributed by atoms with Gasteiger partial charge in [0, 0.05) is 12.8 Å². The third-order valence-electron chi connectivity index (χ3n) is 18.1. The van der Waals surface area contributed by atoms with Gasteiger partial charge in [-0.1, -0.05) is 393 Å². The predicted molar refractivity (Wildman–Crippen MR) is 367 cm³/mol. The van der Waals surface area contributed by atoms with Crippen LogP contribution in [0.25, 0.3) is 0 Å². The van der Waals surface area contributed by atoms with E-state index in [1.54, 1.807) is 0 Å². The van der Waals surface area contributed by atoms with Crippen molar-refractivity contribution >= 4 is 17.9 Å². The lowest BCUT2D eigenvalue weighted by atomic mass is 10.0. The summed E-state index contributed by atoms with van der Waals surface area (Å²) in [6.07, 6.45) is 80.8. The largest absolute Gasteiger partial charge is 0.545 e. The molecular formula is C77H151NO8. The van der Waals surface area contributed by atoms with E-state index in [1.807, 2.05) is 21.1 Å². The molecule has 0 aliphatic rings. The molecule has 0 spiro atoms. The van der Waals surface area contributed by atoms with Gasteiger partial charge in [0.2, 0.25) is 0 Å². The standard InChI is InChI=1S/C77H151NO8/c1-6-8-10-12-14-16-18-20-22-24-26-28-30-32-34-36-38-40-42-44-46-48-50-52-54-56-58-60-62-64-66-68-75(80)86-73(72-85-77(76(81)82)83-70-69-78(3,4)5)71-84-74(79)67-65-63-61-59-57-55-53-51-49-47-45-43-41-39-37-35-33-31-29-27-25-23-21-19-17-15-13-11-9-7-2/h73,77H,6-72H2,1-5H3. The fourth-order valence-electron chi connectivity index (χ4n) is 12.2. The molecule has 86 heavy (non-hydrogen) atoms. The molecule has 0 bridgehead atoms. The molecule has 0 aromatic carbocycles. The first-order valence-electron chi connectivity index (χ1n) is 38.7. The SMILES string of the molecule is CCCCCCCCCCCCCCCCCCCCCCCCCCCCCCCCCC(=O)OC(COC(=O)CCCCCCCCCCCCCCCCCCCCCCCCCCCCCCCC)COC(OCC[N+](C)(C)C)C(=O)[O-]. The summed E-state index contributed by atoms with van der Waals surface area (Å²) < 4.78 is 22.9. The van der Waals surface area contributed by atoms with Crippen LogP contribution in [0.5, 0.6) is 0 Å². The van der Waals surface area contributed by atoms with Crippen molar-refractivity contribution < 1.29 is 42.9 Å². The molecule has 9 nitrogen and oxygen atoms in total. The maximum absolute atomic E-state index is 13.0. The van der Waals surface area contributed by atoms with Gasteiger partial charge in [0.25, 0.3) is 0 Å². The lowest BCUT2D eigenvalue weighted by Crippen LogP contribution is -2.44. The Morgan fingerprint density at radius 3 is 0.744 bits per heavy atom. The average molecular weight is 1220 g/mol. The third kappa shape index (κ3) is 69.8. The van der Waals surface area contributed by atoms with Gasteiger partial charge in [-0.15, -0.1) is 0 Å². The minimum Gasteiger partial charge on any atom is -0.545 e. The quantitative estimate of drug-likeness (QED) is 0.0256. The number of carboxylic acids is 1.